The molecule has 76 valence electrons. The predicted octanol–water partition coefficient (Wildman–Crippen LogP) is 0.476. The van der Waals surface area contributed by atoms with E-state index in [1.807, 2.05) is 0 Å². The third kappa shape index (κ3) is 3.74. The van der Waals surface area contributed by atoms with Gasteiger partial charge in [-0.15, -0.1) is 0 Å². The standard InChI is InChI=1S/C9H17NO3/c1-13-8-4-7(5-10-6-8)2-3-9(11)12/h7-8,10H,2-6H2,1H3,(H,11,12). The number of carbonyl (C=O) groups is 1. The first-order valence-electron chi connectivity index (χ1n) is 4.67. The van der Waals surface area contributed by atoms with Gasteiger partial charge in [-0.3, -0.25) is 4.79 Å². The zero-order valence-corrected chi connectivity index (χ0v) is 7.95. The van der Waals surface area contributed by atoms with Gasteiger partial charge in [-0.2, -0.15) is 0 Å². The molecule has 1 fully saturated rings. The van der Waals surface area contributed by atoms with E-state index in [-0.39, 0.29) is 12.5 Å². The molecule has 1 saturated heterocycles. The van der Waals surface area contributed by atoms with Gasteiger partial charge in [0, 0.05) is 20.1 Å². The Kier molecular flexibility index (Phi) is 4.18. The van der Waals surface area contributed by atoms with E-state index >= 15 is 0 Å². The molecule has 1 heterocycles. The van der Waals surface area contributed by atoms with Crippen molar-refractivity contribution in [3.8, 4) is 0 Å². The molecule has 13 heavy (non-hydrogen) atoms. The molecule has 2 atom stereocenters. The highest BCUT2D eigenvalue weighted by Gasteiger charge is 2.21. The first kappa shape index (κ1) is 10.5. The van der Waals surface area contributed by atoms with Crippen molar-refractivity contribution in [2.24, 2.45) is 5.92 Å². The molecule has 1 aliphatic heterocycles. The minimum atomic E-state index is -0.709. The molecule has 0 radical (unpaired) electrons. The maximum atomic E-state index is 10.3. The van der Waals surface area contributed by atoms with Gasteiger partial charge < -0.3 is 15.2 Å². The Hall–Kier alpha value is -0.610. The van der Waals surface area contributed by atoms with Crippen LogP contribution in [0.4, 0.5) is 0 Å². The number of piperidine rings is 1. The monoisotopic (exact) mass is 187 g/mol. The summed E-state index contributed by atoms with van der Waals surface area (Å²) in [7, 11) is 1.70. The van der Waals surface area contributed by atoms with E-state index in [2.05, 4.69) is 5.32 Å². The molecular formula is C9H17NO3. The Morgan fingerprint density at radius 2 is 2.38 bits per heavy atom. The van der Waals surface area contributed by atoms with Gasteiger partial charge in [-0.25, -0.2) is 0 Å². The summed E-state index contributed by atoms with van der Waals surface area (Å²) in [5, 5.41) is 11.8. The number of carboxylic acid groups (broad SMARTS) is 1. The smallest absolute Gasteiger partial charge is 0.303 e. The normalized spacial score (nSPS) is 28.7. The Bertz CT molecular complexity index is 172. The molecule has 0 bridgehead atoms. The van der Waals surface area contributed by atoms with Gasteiger partial charge in [0.25, 0.3) is 0 Å². The first-order valence-corrected chi connectivity index (χ1v) is 4.67. The second-order valence-corrected chi connectivity index (χ2v) is 3.55. The Balaban J connectivity index is 2.21. The van der Waals surface area contributed by atoms with Crippen LogP contribution >= 0.6 is 0 Å². The van der Waals surface area contributed by atoms with Crippen molar-refractivity contribution < 1.29 is 14.6 Å². The number of rotatable bonds is 4. The summed E-state index contributed by atoms with van der Waals surface area (Å²) in [6.07, 6.45) is 2.26. The number of carboxylic acids is 1. The van der Waals surface area contributed by atoms with Crippen molar-refractivity contribution in [3.63, 3.8) is 0 Å². The number of hydrogen-bond acceptors (Lipinski definition) is 3. The van der Waals surface area contributed by atoms with Crippen molar-refractivity contribution in [1.82, 2.24) is 5.32 Å². The molecule has 0 aliphatic carbocycles. The van der Waals surface area contributed by atoms with Crippen LogP contribution in [0.3, 0.4) is 0 Å². The zero-order valence-electron chi connectivity index (χ0n) is 7.95. The van der Waals surface area contributed by atoms with Crippen molar-refractivity contribution in [2.45, 2.75) is 25.4 Å². The van der Waals surface area contributed by atoms with E-state index in [9.17, 15) is 4.79 Å². The molecule has 2 N–H and O–H groups in total. The van der Waals surface area contributed by atoms with Gasteiger partial charge in [-0.1, -0.05) is 0 Å². The maximum Gasteiger partial charge on any atom is 0.303 e. The highest BCUT2D eigenvalue weighted by atomic mass is 16.5. The van der Waals surface area contributed by atoms with Gasteiger partial charge in [0.2, 0.25) is 0 Å². The van der Waals surface area contributed by atoms with E-state index < -0.39 is 5.97 Å². The van der Waals surface area contributed by atoms with Crippen molar-refractivity contribution in [3.05, 3.63) is 0 Å². The van der Waals surface area contributed by atoms with Crippen LogP contribution in [-0.2, 0) is 9.53 Å². The Morgan fingerprint density at radius 3 is 3.00 bits per heavy atom. The third-order valence-electron chi connectivity index (χ3n) is 2.50. The number of nitrogens with one attached hydrogen (secondary N) is 1. The molecule has 2 unspecified atom stereocenters. The predicted molar refractivity (Wildman–Crippen MR) is 48.6 cm³/mol. The second-order valence-electron chi connectivity index (χ2n) is 3.55. The van der Waals surface area contributed by atoms with Crippen LogP contribution in [0.25, 0.3) is 0 Å². The van der Waals surface area contributed by atoms with E-state index in [0.717, 1.165) is 25.9 Å². The fourth-order valence-corrected chi connectivity index (χ4v) is 1.71. The van der Waals surface area contributed by atoms with E-state index in [0.29, 0.717) is 5.92 Å². The largest absolute Gasteiger partial charge is 0.481 e. The van der Waals surface area contributed by atoms with Gasteiger partial charge in [-0.05, 0) is 25.3 Å². The van der Waals surface area contributed by atoms with Crippen molar-refractivity contribution in [1.29, 1.82) is 0 Å². The molecule has 0 aromatic rings. The van der Waals surface area contributed by atoms with Gasteiger partial charge in [0.1, 0.15) is 0 Å². The molecule has 0 aromatic carbocycles. The molecule has 1 rings (SSSR count). The SMILES string of the molecule is COC1CNCC(CCC(=O)O)C1. The summed E-state index contributed by atoms with van der Waals surface area (Å²) in [4.78, 5) is 10.3. The van der Waals surface area contributed by atoms with Crippen LogP contribution in [-0.4, -0.2) is 37.4 Å². The summed E-state index contributed by atoms with van der Waals surface area (Å²) >= 11 is 0. The molecule has 0 aromatic heterocycles. The molecule has 4 nitrogen and oxygen atoms in total. The highest BCUT2D eigenvalue weighted by molar-refractivity contribution is 5.66. The zero-order chi connectivity index (χ0) is 9.68. The van der Waals surface area contributed by atoms with Gasteiger partial charge in [0.05, 0.1) is 6.10 Å². The third-order valence-corrected chi connectivity index (χ3v) is 2.50. The van der Waals surface area contributed by atoms with Crippen LogP contribution in [0.2, 0.25) is 0 Å². The summed E-state index contributed by atoms with van der Waals surface area (Å²) in [6.45, 7) is 1.81. The molecule has 0 spiro atoms. The number of methoxy groups -OCH3 is 1. The highest BCUT2D eigenvalue weighted by Crippen LogP contribution is 2.17. The minimum Gasteiger partial charge on any atom is -0.481 e. The first-order chi connectivity index (χ1) is 6.22. The van der Waals surface area contributed by atoms with E-state index in [1.165, 1.54) is 0 Å². The minimum absolute atomic E-state index is 0.257. The van der Waals surface area contributed by atoms with Crippen molar-refractivity contribution in [2.75, 3.05) is 20.2 Å². The lowest BCUT2D eigenvalue weighted by molar-refractivity contribution is -0.137. The molecule has 1 aliphatic rings. The second kappa shape index (κ2) is 5.19. The number of ether oxygens (including phenoxy) is 1. The Labute approximate surface area is 78.3 Å². The molecular weight excluding hydrogens is 170 g/mol. The summed E-state index contributed by atoms with van der Waals surface area (Å²) in [6, 6.07) is 0. The Morgan fingerprint density at radius 1 is 1.62 bits per heavy atom. The van der Waals surface area contributed by atoms with Crippen LogP contribution in [0.15, 0.2) is 0 Å². The van der Waals surface area contributed by atoms with E-state index in [4.69, 9.17) is 9.84 Å². The van der Waals surface area contributed by atoms with Crippen LogP contribution in [0.1, 0.15) is 19.3 Å². The summed E-state index contributed by atoms with van der Waals surface area (Å²) < 4.78 is 5.22. The number of aliphatic carboxylic acids is 1. The van der Waals surface area contributed by atoms with Gasteiger partial charge in [0.15, 0.2) is 0 Å². The lowest BCUT2D eigenvalue weighted by atomic mass is 9.93. The fourth-order valence-electron chi connectivity index (χ4n) is 1.71. The lowest BCUT2D eigenvalue weighted by Gasteiger charge is -2.28. The molecule has 0 saturated carbocycles. The maximum absolute atomic E-state index is 10.3. The average molecular weight is 187 g/mol. The number of hydrogen-bond donors (Lipinski definition) is 2. The lowest BCUT2D eigenvalue weighted by Crippen LogP contribution is -2.40. The fraction of sp³-hybridized carbons (Fsp3) is 0.889. The quantitative estimate of drug-likeness (QED) is 0.672. The van der Waals surface area contributed by atoms with Gasteiger partial charge >= 0.3 is 5.97 Å². The average Bonchev–Trinajstić information content (AvgIpc) is 2.15. The molecule has 4 heteroatoms. The summed E-state index contributed by atoms with van der Waals surface area (Å²) in [5.74, 6) is -0.255. The van der Waals surface area contributed by atoms with E-state index in [1.54, 1.807) is 7.11 Å². The topological polar surface area (TPSA) is 58.6 Å². The summed E-state index contributed by atoms with van der Waals surface area (Å²) in [5.41, 5.74) is 0. The van der Waals surface area contributed by atoms with Crippen LogP contribution < -0.4 is 5.32 Å². The van der Waals surface area contributed by atoms with Crippen LogP contribution in [0.5, 0.6) is 0 Å². The van der Waals surface area contributed by atoms with Crippen molar-refractivity contribution >= 4 is 5.97 Å². The van der Waals surface area contributed by atoms with Crippen LogP contribution in [0, 0.1) is 5.92 Å². The molecule has 0 amide bonds.